The lowest BCUT2D eigenvalue weighted by Crippen LogP contribution is -2.36. The number of hydrogen-bond acceptors (Lipinski definition) is 3. The zero-order chi connectivity index (χ0) is 12.5. The molecule has 0 saturated heterocycles. The summed E-state index contributed by atoms with van der Waals surface area (Å²) < 4.78 is 0. The summed E-state index contributed by atoms with van der Waals surface area (Å²) in [6, 6.07) is 6.17. The second kappa shape index (κ2) is 4.47. The fraction of sp³-hybridized carbons (Fsp3) is 0.462. The summed E-state index contributed by atoms with van der Waals surface area (Å²) in [4.78, 5) is 11.3. The third kappa shape index (κ3) is 2.48. The fourth-order valence-electron chi connectivity index (χ4n) is 2.14. The Bertz CT molecular complexity index is 440. The molecule has 1 amide bonds. The molecule has 0 fully saturated rings. The minimum atomic E-state index is 0.0139. The van der Waals surface area contributed by atoms with E-state index >= 15 is 0 Å². The van der Waals surface area contributed by atoms with Crippen LogP contribution in [0.1, 0.15) is 25.0 Å². The van der Waals surface area contributed by atoms with Crippen LogP contribution in [0.25, 0.3) is 0 Å². The average Bonchev–Trinajstić information content (AvgIpc) is 2.65. The Kier molecular flexibility index (Phi) is 3.17. The van der Waals surface area contributed by atoms with Crippen molar-refractivity contribution in [3.8, 4) is 0 Å². The van der Waals surface area contributed by atoms with Gasteiger partial charge in [-0.05, 0) is 17.2 Å². The standard InChI is InChI=1S/C13H19N3O/c1-13(2,7-15-8-14)10-3-4-11-9(5-10)6-12(17)16-11/h3-5,15H,6-8,14H2,1-2H3,(H,16,17). The molecule has 92 valence electrons. The maximum atomic E-state index is 11.3. The van der Waals surface area contributed by atoms with Crippen LogP contribution in [0.5, 0.6) is 0 Å². The van der Waals surface area contributed by atoms with Gasteiger partial charge in [0.1, 0.15) is 0 Å². The summed E-state index contributed by atoms with van der Waals surface area (Å²) in [7, 11) is 0. The number of carbonyl (C=O) groups excluding carboxylic acids is 1. The third-order valence-corrected chi connectivity index (χ3v) is 3.22. The summed E-state index contributed by atoms with van der Waals surface area (Å²) in [6.07, 6.45) is 0.490. The quantitative estimate of drug-likeness (QED) is 0.679. The normalized spacial score (nSPS) is 14.6. The molecular weight excluding hydrogens is 214 g/mol. The van der Waals surface area contributed by atoms with Gasteiger partial charge in [-0.3, -0.25) is 4.79 Å². The van der Waals surface area contributed by atoms with Crippen LogP contribution >= 0.6 is 0 Å². The molecule has 1 heterocycles. The van der Waals surface area contributed by atoms with Gasteiger partial charge in [0.05, 0.1) is 6.42 Å². The molecule has 4 nitrogen and oxygen atoms in total. The van der Waals surface area contributed by atoms with E-state index in [1.54, 1.807) is 0 Å². The van der Waals surface area contributed by atoms with Gasteiger partial charge in [0.2, 0.25) is 5.91 Å². The highest BCUT2D eigenvalue weighted by atomic mass is 16.1. The van der Waals surface area contributed by atoms with E-state index < -0.39 is 0 Å². The second-order valence-corrected chi connectivity index (χ2v) is 5.11. The van der Waals surface area contributed by atoms with Gasteiger partial charge in [-0.1, -0.05) is 26.0 Å². The molecule has 17 heavy (non-hydrogen) atoms. The Morgan fingerprint density at radius 1 is 1.47 bits per heavy atom. The first kappa shape index (κ1) is 12.1. The summed E-state index contributed by atoms with van der Waals surface area (Å²) in [6.45, 7) is 5.64. The molecule has 4 heteroatoms. The average molecular weight is 233 g/mol. The minimum Gasteiger partial charge on any atom is -0.326 e. The molecule has 1 aliphatic rings. The molecule has 1 aromatic carbocycles. The van der Waals surface area contributed by atoms with Crippen molar-refractivity contribution in [1.82, 2.24) is 5.32 Å². The molecule has 0 saturated carbocycles. The largest absolute Gasteiger partial charge is 0.326 e. The zero-order valence-corrected chi connectivity index (χ0v) is 10.3. The summed E-state index contributed by atoms with van der Waals surface area (Å²) in [5, 5.41) is 6.00. The highest BCUT2D eigenvalue weighted by Crippen LogP contribution is 2.29. The van der Waals surface area contributed by atoms with Gasteiger partial charge in [-0.25, -0.2) is 0 Å². The highest BCUT2D eigenvalue weighted by Gasteiger charge is 2.24. The van der Waals surface area contributed by atoms with Crippen LogP contribution in [0.4, 0.5) is 5.69 Å². The number of fused-ring (bicyclic) bond motifs is 1. The molecule has 0 atom stereocenters. The molecular formula is C13H19N3O. The number of nitrogens with two attached hydrogens (primary N) is 1. The van der Waals surface area contributed by atoms with Crippen LogP contribution in [-0.2, 0) is 16.6 Å². The molecule has 4 N–H and O–H groups in total. The molecule has 0 unspecified atom stereocenters. The Labute approximate surface area is 102 Å². The topological polar surface area (TPSA) is 67.1 Å². The number of carbonyl (C=O) groups is 1. The second-order valence-electron chi connectivity index (χ2n) is 5.11. The van der Waals surface area contributed by atoms with Crippen molar-refractivity contribution in [1.29, 1.82) is 0 Å². The van der Waals surface area contributed by atoms with Crippen LogP contribution < -0.4 is 16.4 Å². The molecule has 0 radical (unpaired) electrons. The van der Waals surface area contributed by atoms with Crippen molar-refractivity contribution >= 4 is 11.6 Å². The lowest BCUT2D eigenvalue weighted by molar-refractivity contribution is -0.115. The number of anilines is 1. The maximum Gasteiger partial charge on any atom is 0.228 e. The maximum absolute atomic E-state index is 11.3. The van der Waals surface area contributed by atoms with Gasteiger partial charge in [0.15, 0.2) is 0 Å². The molecule has 0 aromatic heterocycles. The zero-order valence-electron chi connectivity index (χ0n) is 10.3. The monoisotopic (exact) mass is 233 g/mol. The first-order valence-corrected chi connectivity index (χ1v) is 5.87. The Balaban J connectivity index is 2.23. The van der Waals surface area contributed by atoms with Crippen molar-refractivity contribution in [2.24, 2.45) is 5.73 Å². The van der Waals surface area contributed by atoms with E-state index in [2.05, 4.69) is 36.6 Å². The van der Waals surface area contributed by atoms with Gasteiger partial charge >= 0.3 is 0 Å². The first-order valence-electron chi connectivity index (χ1n) is 5.87. The van der Waals surface area contributed by atoms with Crippen LogP contribution in [0.2, 0.25) is 0 Å². The van der Waals surface area contributed by atoms with Gasteiger partial charge in [0, 0.05) is 24.3 Å². The van der Waals surface area contributed by atoms with Gasteiger partial charge in [-0.2, -0.15) is 0 Å². The van der Waals surface area contributed by atoms with Gasteiger partial charge in [0.25, 0.3) is 0 Å². The van der Waals surface area contributed by atoms with Crippen LogP contribution in [0, 0.1) is 0 Å². The van der Waals surface area contributed by atoms with Gasteiger partial charge in [-0.15, -0.1) is 0 Å². The molecule has 0 bridgehead atoms. The lowest BCUT2D eigenvalue weighted by atomic mass is 9.83. The predicted molar refractivity (Wildman–Crippen MR) is 68.9 cm³/mol. The van der Waals surface area contributed by atoms with Crippen LogP contribution in [0.15, 0.2) is 18.2 Å². The van der Waals surface area contributed by atoms with Crippen molar-refractivity contribution < 1.29 is 4.79 Å². The number of hydrogen-bond donors (Lipinski definition) is 3. The van der Waals surface area contributed by atoms with E-state index in [9.17, 15) is 4.79 Å². The van der Waals surface area contributed by atoms with E-state index in [1.165, 1.54) is 5.56 Å². The number of amides is 1. The summed E-state index contributed by atoms with van der Waals surface area (Å²) >= 11 is 0. The van der Waals surface area contributed by atoms with Gasteiger partial charge < -0.3 is 16.4 Å². The predicted octanol–water partition coefficient (Wildman–Crippen LogP) is 0.965. The van der Waals surface area contributed by atoms with E-state index in [4.69, 9.17) is 5.73 Å². The van der Waals surface area contributed by atoms with Crippen LogP contribution in [0.3, 0.4) is 0 Å². The highest BCUT2D eigenvalue weighted by molar-refractivity contribution is 5.99. The molecule has 2 rings (SSSR count). The van der Waals surface area contributed by atoms with E-state index in [1.807, 2.05) is 6.07 Å². The van der Waals surface area contributed by atoms with Crippen molar-refractivity contribution in [2.45, 2.75) is 25.7 Å². The molecule has 0 spiro atoms. The number of rotatable bonds is 4. The van der Waals surface area contributed by atoms with Crippen LogP contribution in [-0.4, -0.2) is 19.1 Å². The lowest BCUT2D eigenvalue weighted by Gasteiger charge is -2.26. The van der Waals surface area contributed by atoms with Crippen molar-refractivity contribution in [3.63, 3.8) is 0 Å². The Hall–Kier alpha value is -1.39. The fourth-order valence-corrected chi connectivity index (χ4v) is 2.14. The smallest absolute Gasteiger partial charge is 0.228 e. The number of benzene rings is 1. The molecule has 0 aliphatic carbocycles. The molecule has 1 aromatic rings. The van der Waals surface area contributed by atoms with Crippen molar-refractivity contribution in [2.75, 3.05) is 18.5 Å². The van der Waals surface area contributed by atoms with Crippen molar-refractivity contribution in [3.05, 3.63) is 29.3 Å². The summed E-state index contributed by atoms with van der Waals surface area (Å²) in [5.41, 5.74) is 8.74. The first-order chi connectivity index (χ1) is 8.03. The minimum absolute atomic E-state index is 0.0139. The number of nitrogens with one attached hydrogen (secondary N) is 2. The SMILES string of the molecule is CC(C)(CNCN)c1ccc2c(c1)CC(=O)N2. The molecule has 1 aliphatic heterocycles. The Morgan fingerprint density at radius 3 is 2.94 bits per heavy atom. The van der Waals surface area contributed by atoms with E-state index in [0.29, 0.717) is 13.1 Å². The summed E-state index contributed by atoms with van der Waals surface area (Å²) in [5.74, 6) is 0.0787. The Morgan fingerprint density at radius 2 is 2.24 bits per heavy atom. The van der Waals surface area contributed by atoms with E-state index in [-0.39, 0.29) is 11.3 Å². The van der Waals surface area contributed by atoms with E-state index in [0.717, 1.165) is 17.8 Å². The third-order valence-electron chi connectivity index (χ3n) is 3.22.